The molecular weight excluding hydrogens is 434 g/mol. The van der Waals surface area contributed by atoms with Gasteiger partial charge in [-0.05, 0) is 34.5 Å². The monoisotopic (exact) mass is 453 g/mol. The average molecular weight is 454 g/mol. The van der Waals surface area contributed by atoms with Crippen molar-refractivity contribution in [3.05, 3.63) is 33.2 Å². The highest BCUT2D eigenvalue weighted by Gasteiger charge is 2.20. The summed E-state index contributed by atoms with van der Waals surface area (Å²) < 4.78 is 6.16. The molecule has 0 aliphatic carbocycles. The SMILES string of the molecule is CCCOc1ccc(C(=O)CC)c(NC(=O)c2csc(NC(C)=O)n2)c1Br. The van der Waals surface area contributed by atoms with E-state index in [9.17, 15) is 14.4 Å². The molecule has 9 heteroatoms. The van der Waals surface area contributed by atoms with Gasteiger partial charge in [0.15, 0.2) is 10.9 Å². The molecule has 144 valence electrons. The lowest BCUT2D eigenvalue weighted by molar-refractivity contribution is -0.114. The van der Waals surface area contributed by atoms with E-state index in [1.165, 1.54) is 12.3 Å². The Hall–Kier alpha value is -2.26. The molecule has 0 aliphatic heterocycles. The van der Waals surface area contributed by atoms with Crippen molar-refractivity contribution in [3.8, 4) is 5.75 Å². The van der Waals surface area contributed by atoms with Crippen molar-refractivity contribution < 1.29 is 19.1 Å². The van der Waals surface area contributed by atoms with Crippen LogP contribution in [-0.4, -0.2) is 29.2 Å². The normalized spacial score (nSPS) is 10.4. The highest BCUT2D eigenvalue weighted by Crippen LogP contribution is 2.36. The number of anilines is 2. The summed E-state index contributed by atoms with van der Waals surface area (Å²) in [6.45, 7) is 5.62. The topological polar surface area (TPSA) is 97.4 Å². The Balaban J connectivity index is 2.33. The van der Waals surface area contributed by atoms with Crippen molar-refractivity contribution in [3.63, 3.8) is 0 Å². The number of ketones is 1. The number of benzene rings is 1. The molecule has 0 radical (unpaired) electrons. The summed E-state index contributed by atoms with van der Waals surface area (Å²) in [7, 11) is 0. The van der Waals surface area contributed by atoms with Crippen LogP contribution in [0.4, 0.5) is 10.8 Å². The third kappa shape index (κ3) is 5.36. The van der Waals surface area contributed by atoms with Crippen molar-refractivity contribution in [2.45, 2.75) is 33.6 Å². The molecule has 1 aromatic carbocycles. The number of nitrogens with zero attached hydrogens (tertiary/aromatic N) is 1. The summed E-state index contributed by atoms with van der Waals surface area (Å²) in [6, 6.07) is 3.34. The van der Waals surface area contributed by atoms with E-state index in [-0.39, 0.29) is 17.4 Å². The lowest BCUT2D eigenvalue weighted by Crippen LogP contribution is -2.16. The zero-order valence-electron chi connectivity index (χ0n) is 15.2. The first-order valence-corrected chi connectivity index (χ1v) is 10.1. The molecule has 0 unspecified atom stereocenters. The van der Waals surface area contributed by atoms with Gasteiger partial charge in [-0.2, -0.15) is 0 Å². The summed E-state index contributed by atoms with van der Waals surface area (Å²) in [6.07, 6.45) is 1.13. The summed E-state index contributed by atoms with van der Waals surface area (Å²) in [5, 5.41) is 7.14. The summed E-state index contributed by atoms with van der Waals surface area (Å²) in [5.74, 6) is -0.320. The van der Waals surface area contributed by atoms with E-state index in [1.807, 2.05) is 6.92 Å². The minimum Gasteiger partial charge on any atom is -0.492 e. The van der Waals surface area contributed by atoms with Gasteiger partial charge in [0, 0.05) is 24.3 Å². The number of amides is 2. The number of hydrogen-bond donors (Lipinski definition) is 2. The van der Waals surface area contributed by atoms with Crippen molar-refractivity contribution in [2.24, 2.45) is 0 Å². The Morgan fingerprint density at radius 1 is 1.22 bits per heavy atom. The van der Waals surface area contributed by atoms with Gasteiger partial charge in [-0.3, -0.25) is 14.4 Å². The highest BCUT2D eigenvalue weighted by atomic mass is 79.9. The fraction of sp³-hybridized carbons (Fsp3) is 0.333. The molecule has 2 rings (SSSR count). The molecule has 2 N–H and O–H groups in total. The van der Waals surface area contributed by atoms with E-state index in [0.717, 1.165) is 17.8 Å². The molecule has 0 spiro atoms. The van der Waals surface area contributed by atoms with Crippen LogP contribution >= 0.6 is 27.3 Å². The number of rotatable bonds is 8. The van der Waals surface area contributed by atoms with Crippen LogP contribution in [0.3, 0.4) is 0 Å². The Kier molecular flexibility index (Phi) is 7.49. The molecule has 7 nitrogen and oxygen atoms in total. The number of carbonyl (C=O) groups excluding carboxylic acids is 3. The van der Waals surface area contributed by atoms with Crippen LogP contribution in [0.1, 0.15) is 54.5 Å². The highest BCUT2D eigenvalue weighted by molar-refractivity contribution is 9.10. The predicted octanol–water partition coefficient (Wildman–Crippen LogP) is 4.50. The number of ether oxygens (including phenoxy) is 1. The average Bonchev–Trinajstić information content (AvgIpc) is 3.09. The molecule has 0 fully saturated rings. The van der Waals surface area contributed by atoms with Crippen molar-refractivity contribution in [1.29, 1.82) is 0 Å². The summed E-state index contributed by atoms with van der Waals surface area (Å²) >= 11 is 4.58. The standard InChI is InChI=1S/C18H20BrN3O4S/c1-4-8-26-14-7-6-11(13(24)5-2)16(15(14)19)22-17(25)12-9-27-18(21-12)20-10(3)23/h6-7,9H,4-5,8H2,1-3H3,(H,22,25)(H,20,21,23). The Bertz CT molecular complexity index is 866. The molecule has 2 amide bonds. The maximum Gasteiger partial charge on any atom is 0.275 e. The van der Waals surface area contributed by atoms with Gasteiger partial charge in [-0.15, -0.1) is 11.3 Å². The Morgan fingerprint density at radius 2 is 1.96 bits per heavy atom. The smallest absolute Gasteiger partial charge is 0.275 e. The summed E-state index contributed by atoms with van der Waals surface area (Å²) in [4.78, 5) is 40.1. The van der Waals surface area contributed by atoms with E-state index in [2.05, 4.69) is 31.5 Å². The van der Waals surface area contributed by atoms with Crippen LogP contribution in [0.25, 0.3) is 0 Å². The quantitative estimate of drug-likeness (QED) is 0.573. The number of aromatic nitrogens is 1. The number of hydrogen-bond acceptors (Lipinski definition) is 6. The van der Waals surface area contributed by atoms with Gasteiger partial charge in [-0.25, -0.2) is 4.98 Å². The minimum absolute atomic E-state index is 0.106. The maximum atomic E-state index is 12.6. The zero-order chi connectivity index (χ0) is 20.0. The number of thiazole rings is 1. The number of Topliss-reactive ketones (excluding diaryl/α,β-unsaturated/α-hetero) is 1. The molecular formula is C18H20BrN3O4S. The van der Waals surface area contributed by atoms with E-state index in [1.54, 1.807) is 19.1 Å². The van der Waals surface area contributed by atoms with Gasteiger partial charge < -0.3 is 15.4 Å². The second kappa shape index (κ2) is 9.61. The minimum atomic E-state index is -0.485. The first kappa shape index (κ1) is 21.0. The van der Waals surface area contributed by atoms with Crippen molar-refractivity contribution in [2.75, 3.05) is 17.2 Å². The van der Waals surface area contributed by atoms with E-state index in [0.29, 0.717) is 39.6 Å². The van der Waals surface area contributed by atoms with Crippen LogP contribution in [0.5, 0.6) is 5.75 Å². The predicted molar refractivity (Wildman–Crippen MR) is 109 cm³/mol. The van der Waals surface area contributed by atoms with Gasteiger partial charge in [0.1, 0.15) is 11.4 Å². The van der Waals surface area contributed by atoms with Crippen LogP contribution < -0.4 is 15.4 Å². The molecule has 2 aromatic rings. The number of carbonyl (C=O) groups is 3. The van der Waals surface area contributed by atoms with Crippen LogP contribution in [0.15, 0.2) is 22.0 Å². The third-order valence-electron chi connectivity index (χ3n) is 3.45. The second-order valence-electron chi connectivity index (χ2n) is 5.60. The first-order valence-electron chi connectivity index (χ1n) is 8.40. The van der Waals surface area contributed by atoms with Gasteiger partial charge in [-0.1, -0.05) is 13.8 Å². The van der Waals surface area contributed by atoms with Gasteiger partial charge >= 0.3 is 0 Å². The van der Waals surface area contributed by atoms with Gasteiger partial charge in [0.05, 0.1) is 16.8 Å². The second-order valence-corrected chi connectivity index (χ2v) is 7.25. The zero-order valence-corrected chi connectivity index (χ0v) is 17.6. The van der Waals surface area contributed by atoms with Crippen molar-refractivity contribution in [1.82, 2.24) is 4.98 Å². The number of halogens is 1. The lowest BCUT2D eigenvalue weighted by Gasteiger charge is -2.15. The van der Waals surface area contributed by atoms with E-state index < -0.39 is 5.91 Å². The van der Waals surface area contributed by atoms with Crippen LogP contribution in [0.2, 0.25) is 0 Å². The molecule has 0 saturated heterocycles. The first-order chi connectivity index (χ1) is 12.9. The van der Waals surface area contributed by atoms with Crippen LogP contribution in [0, 0.1) is 0 Å². The molecule has 1 aromatic heterocycles. The molecule has 0 bridgehead atoms. The molecule has 1 heterocycles. The largest absolute Gasteiger partial charge is 0.492 e. The van der Waals surface area contributed by atoms with Crippen molar-refractivity contribution >= 4 is 55.7 Å². The molecule has 0 saturated carbocycles. The fourth-order valence-electron chi connectivity index (χ4n) is 2.19. The summed E-state index contributed by atoms with van der Waals surface area (Å²) in [5.41, 5.74) is 0.874. The molecule has 0 aliphatic rings. The third-order valence-corrected chi connectivity index (χ3v) is 4.99. The lowest BCUT2D eigenvalue weighted by atomic mass is 10.1. The van der Waals surface area contributed by atoms with Gasteiger partial charge in [0.25, 0.3) is 5.91 Å². The van der Waals surface area contributed by atoms with E-state index >= 15 is 0 Å². The fourth-order valence-corrected chi connectivity index (χ4v) is 3.49. The van der Waals surface area contributed by atoms with Crippen LogP contribution in [-0.2, 0) is 4.79 Å². The Morgan fingerprint density at radius 3 is 2.59 bits per heavy atom. The Labute approximate surface area is 169 Å². The molecule has 0 atom stereocenters. The van der Waals surface area contributed by atoms with E-state index in [4.69, 9.17) is 4.74 Å². The number of nitrogens with one attached hydrogen (secondary N) is 2. The van der Waals surface area contributed by atoms with Gasteiger partial charge in [0.2, 0.25) is 5.91 Å². The maximum absolute atomic E-state index is 12.6. The molecule has 27 heavy (non-hydrogen) atoms.